The molecule has 0 radical (unpaired) electrons. The van der Waals surface area contributed by atoms with Crippen molar-refractivity contribution in [2.75, 3.05) is 34.5 Å². The van der Waals surface area contributed by atoms with Gasteiger partial charge in [0.2, 0.25) is 0 Å². The maximum absolute atomic E-state index is 13.2. The van der Waals surface area contributed by atoms with Crippen LogP contribution in [-0.4, -0.2) is 47.5 Å². The fourth-order valence-electron chi connectivity index (χ4n) is 6.24. The number of oxime groups is 2. The van der Waals surface area contributed by atoms with Gasteiger partial charge in [-0.3, -0.25) is 14.4 Å². The van der Waals surface area contributed by atoms with Crippen molar-refractivity contribution in [3.63, 3.8) is 0 Å². The molecule has 0 fully saturated rings. The van der Waals surface area contributed by atoms with E-state index in [9.17, 15) is 19.5 Å². The number of carboxylic acid groups (broad SMARTS) is 1. The fraction of sp³-hybridized carbons (Fsp3) is 0.108. The number of hydrogen-bond donors (Lipinski definition) is 5. The van der Waals surface area contributed by atoms with Gasteiger partial charge in [-0.2, -0.15) is 0 Å². The fourth-order valence-corrected chi connectivity index (χ4v) is 6.96. The lowest BCUT2D eigenvalue weighted by atomic mass is 9.93. The van der Waals surface area contributed by atoms with E-state index in [0.717, 1.165) is 20.3 Å². The zero-order chi connectivity index (χ0) is 35.4. The van der Waals surface area contributed by atoms with Crippen LogP contribution in [0.5, 0.6) is 0 Å². The molecule has 0 saturated heterocycles. The molecule has 254 valence electrons. The monoisotopic (exact) mass is 808 g/mol. The Hall–Kier alpha value is -5.73. The molecule has 0 bridgehead atoms. The van der Waals surface area contributed by atoms with Gasteiger partial charge in [0, 0.05) is 42.6 Å². The summed E-state index contributed by atoms with van der Waals surface area (Å²) in [7, 11) is 0. The smallest absolute Gasteiger partial charge is 0.316 e. The van der Waals surface area contributed by atoms with Gasteiger partial charge in [0.1, 0.15) is 30.1 Å². The Balaban J connectivity index is 1.08. The van der Waals surface area contributed by atoms with Crippen molar-refractivity contribution in [2.24, 2.45) is 15.7 Å². The first-order valence-electron chi connectivity index (χ1n) is 15.7. The maximum atomic E-state index is 13.2. The van der Waals surface area contributed by atoms with Crippen LogP contribution in [0.1, 0.15) is 29.2 Å². The van der Waals surface area contributed by atoms with Gasteiger partial charge in [0.25, 0.3) is 11.8 Å². The van der Waals surface area contributed by atoms with Crippen molar-refractivity contribution < 1.29 is 29.2 Å². The summed E-state index contributed by atoms with van der Waals surface area (Å²) in [6.07, 6.45) is 0. The Morgan fingerprint density at radius 2 is 1.08 bits per heavy atom. The molecule has 4 aliphatic rings. The van der Waals surface area contributed by atoms with Crippen LogP contribution < -0.4 is 21.3 Å². The Morgan fingerprint density at radius 3 is 1.51 bits per heavy atom. The molecule has 0 aliphatic carbocycles. The summed E-state index contributed by atoms with van der Waals surface area (Å²) >= 11 is 6.89. The molecule has 0 unspecified atom stereocenters. The quantitative estimate of drug-likeness (QED) is 0.0983. The van der Waals surface area contributed by atoms with Crippen LogP contribution in [0.3, 0.4) is 0 Å². The van der Waals surface area contributed by atoms with Crippen LogP contribution in [0, 0.1) is 5.41 Å². The number of hydrogen-bond acceptors (Lipinski definition) is 9. The summed E-state index contributed by atoms with van der Waals surface area (Å²) in [5.74, 6) is -1.81. The average Bonchev–Trinajstić information content (AvgIpc) is 3.83. The van der Waals surface area contributed by atoms with Crippen LogP contribution in [-0.2, 0) is 24.1 Å². The lowest BCUT2D eigenvalue weighted by Crippen LogP contribution is -2.36. The number of aliphatic carboxylic acids is 1. The van der Waals surface area contributed by atoms with Crippen molar-refractivity contribution in [1.29, 1.82) is 0 Å². The van der Waals surface area contributed by atoms with Crippen LogP contribution >= 0.6 is 31.9 Å². The lowest BCUT2D eigenvalue weighted by Gasteiger charge is -2.21. The van der Waals surface area contributed by atoms with Gasteiger partial charge in [0.05, 0.1) is 33.9 Å². The molecule has 8 rings (SSSR count). The normalized spacial score (nSPS) is 19.9. The summed E-state index contributed by atoms with van der Waals surface area (Å²) in [4.78, 5) is 50.5. The van der Waals surface area contributed by atoms with Crippen molar-refractivity contribution in [2.45, 2.75) is 6.92 Å². The SMILES string of the molecule is CC(CO/N=C1/C(=C2/C(=O)Nc3cc(Br)ccc32)Nc2ccccc21)(CO/N=C1/C(=C2/C(=O)Nc3cc(Br)ccc32)Nc2ccccc21)C(=O)O. The molecule has 2 amide bonds. The number of halogens is 2. The zero-order valence-electron chi connectivity index (χ0n) is 26.6. The Bertz CT molecular complexity index is 2200. The highest BCUT2D eigenvalue weighted by atomic mass is 79.9. The van der Waals surface area contributed by atoms with Crippen molar-refractivity contribution in [1.82, 2.24) is 0 Å². The number of nitrogens with one attached hydrogen (secondary N) is 4. The number of carbonyl (C=O) groups is 3. The number of carbonyl (C=O) groups excluding carboxylic acids is 2. The van der Waals surface area contributed by atoms with E-state index in [2.05, 4.69) is 63.4 Å². The van der Waals surface area contributed by atoms with Gasteiger partial charge >= 0.3 is 5.97 Å². The average molecular weight is 810 g/mol. The molecule has 4 heterocycles. The van der Waals surface area contributed by atoms with E-state index in [4.69, 9.17) is 9.68 Å². The second kappa shape index (κ2) is 12.5. The number of para-hydroxylation sites is 2. The van der Waals surface area contributed by atoms with E-state index < -0.39 is 11.4 Å². The topological polar surface area (TPSA) is 163 Å². The van der Waals surface area contributed by atoms with E-state index in [1.54, 1.807) is 0 Å². The Morgan fingerprint density at radius 1 is 0.647 bits per heavy atom. The number of benzene rings is 4. The van der Waals surface area contributed by atoms with Crippen LogP contribution in [0.2, 0.25) is 0 Å². The minimum absolute atomic E-state index is 0.308. The molecule has 0 saturated carbocycles. The largest absolute Gasteiger partial charge is 0.481 e. The maximum Gasteiger partial charge on any atom is 0.316 e. The molecular formula is C37H26Br2N6O6. The number of anilines is 4. The molecule has 4 aliphatic heterocycles. The number of nitrogens with zero attached hydrogens (tertiary/aromatic N) is 2. The van der Waals surface area contributed by atoms with Gasteiger partial charge in [-0.1, -0.05) is 90.7 Å². The zero-order valence-corrected chi connectivity index (χ0v) is 29.8. The van der Waals surface area contributed by atoms with E-state index in [1.165, 1.54) is 6.92 Å². The molecule has 5 N–H and O–H groups in total. The first-order valence-corrected chi connectivity index (χ1v) is 17.3. The van der Waals surface area contributed by atoms with E-state index in [0.29, 0.717) is 67.6 Å². The molecule has 14 heteroatoms. The number of carboxylic acids is 1. The first-order chi connectivity index (χ1) is 24.6. The van der Waals surface area contributed by atoms with Crippen molar-refractivity contribution in [3.05, 3.63) is 128 Å². The highest BCUT2D eigenvalue weighted by molar-refractivity contribution is 9.10. The van der Waals surface area contributed by atoms with Gasteiger partial charge in [-0.05, 0) is 43.3 Å². The molecule has 4 aromatic carbocycles. The summed E-state index contributed by atoms with van der Waals surface area (Å²) in [5.41, 5.74) is 6.27. The minimum Gasteiger partial charge on any atom is -0.481 e. The second-order valence-corrected chi connectivity index (χ2v) is 14.3. The predicted molar refractivity (Wildman–Crippen MR) is 200 cm³/mol. The Kier molecular flexibility index (Phi) is 7.99. The van der Waals surface area contributed by atoms with Crippen LogP contribution in [0.25, 0.3) is 11.1 Å². The molecular weight excluding hydrogens is 784 g/mol. The van der Waals surface area contributed by atoms with Crippen LogP contribution in [0.4, 0.5) is 22.7 Å². The Labute approximate surface area is 307 Å². The van der Waals surface area contributed by atoms with Gasteiger partial charge < -0.3 is 36.0 Å². The highest BCUT2D eigenvalue weighted by Gasteiger charge is 2.39. The summed E-state index contributed by atoms with van der Waals surface area (Å²) in [5, 5.41) is 31.4. The second-order valence-electron chi connectivity index (χ2n) is 12.4. The number of rotatable bonds is 7. The standard InChI is InChI=1S/C37H26Br2N6O6/c1-37(36(48)49,16-50-44-30-22-6-2-4-8-24(22)40-32(30)28-20-12-10-18(38)14-26(20)42-34(28)46)17-51-45-31-23-7-3-5-9-25(23)41-33(31)29-21-13-11-19(39)15-27(21)43-35(29)47/h2-15,40-41H,16-17H2,1H3,(H,42,46)(H,43,47)(H,48,49)/b32-28-,33-29-,44-30+,45-31+. The van der Waals surface area contributed by atoms with E-state index >= 15 is 0 Å². The summed E-state index contributed by atoms with van der Waals surface area (Å²) < 4.78 is 1.63. The van der Waals surface area contributed by atoms with Crippen molar-refractivity contribution in [3.8, 4) is 0 Å². The minimum atomic E-state index is -1.60. The third kappa shape index (κ3) is 5.65. The molecule has 0 atom stereocenters. The third-order valence-corrected chi connectivity index (χ3v) is 9.89. The summed E-state index contributed by atoms with van der Waals surface area (Å²) in [6.45, 7) is 0.697. The molecule has 51 heavy (non-hydrogen) atoms. The lowest BCUT2D eigenvalue weighted by molar-refractivity contribution is -0.156. The van der Waals surface area contributed by atoms with Gasteiger partial charge in [-0.25, -0.2) is 0 Å². The number of fused-ring (bicyclic) bond motifs is 4. The van der Waals surface area contributed by atoms with Crippen LogP contribution in [0.15, 0.2) is 116 Å². The summed E-state index contributed by atoms with van der Waals surface area (Å²) in [6, 6.07) is 25.8. The predicted octanol–water partition coefficient (Wildman–Crippen LogP) is 7.02. The van der Waals surface area contributed by atoms with Crippen molar-refractivity contribution >= 4 is 95.0 Å². The molecule has 0 aromatic heterocycles. The molecule has 12 nitrogen and oxygen atoms in total. The highest BCUT2D eigenvalue weighted by Crippen LogP contribution is 2.42. The third-order valence-electron chi connectivity index (χ3n) is 8.90. The van der Waals surface area contributed by atoms with Gasteiger partial charge in [0.15, 0.2) is 0 Å². The van der Waals surface area contributed by atoms with E-state index in [-0.39, 0.29) is 25.0 Å². The van der Waals surface area contributed by atoms with E-state index in [1.807, 2.05) is 84.9 Å². The number of amides is 2. The van der Waals surface area contributed by atoms with Gasteiger partial charge in [-0.15, -0.1) is 0 Å². The molecule has 4 aromatic rings. The molecule has 0 spiro atoms. The number of allylic oxidation sites excluding steroid dienone is 2. The first kappa shape index (κ1) is 32.5.